The number of anilines is 1. The van der Waals surface area contributed by atoms with Crippen LogP contribution in [0, 0.1) is 10.5 Å². The van der Waals surface area contributed by atoms with Crippen LogP contribution in [0.1, 0.15) is 15.9 Å². The number of nitrogens with one attached hydrogen (secondary N) is 1. The zero-order valence-corrected chi connectivity index (χ0v) is 13.9. The number of hydrogen-bond donors (Lipinski definition) is 1. The second kappa shape index (κ2) is 6.22. The fraction of sp³-hybridized carbons (Fsp3) is 0.0667. The molecule has 0 unspecified atom stereocenters. The lowest BCUT2D eigenvalue weighted by Crippen LogP contribution is -2.13. The van der Waals surface area contributed by atoms with Crippen LogP contribution in [0.25, 0.3) is 5.69 Å². The highest BCUT2D eigenvalue weighted by molar-refractivity contribution is 14.1. The number of benzene rings is 2. The lowest BCUT2D eigenvalue weighted by Gasteiger charge is -2.10. The molecule has 0 fully saturated rings. The van der Waals surface area contributed by atoms with E-state index in [1.165, 1.54) is 6.33 Å². The SMILES string of the molecule is Cc1ccc(NC(=O)c2ccccc2I)cc1-n1cnnn1. The van der Waals surface area contributed by atoms with E-state index in [4.69, 9.17) is 0 Å². The topological polar surface area (TPSA) is 72.7 Å². The van der Waals surface area contributed by atoms with Crippen molar-refractivity contribution in [1.29, 1.82) is 0 Å². The van der Waals surface area contributed by atoms with E-state index in [0.717, 1.165) is 14.8 Å². The molecule has 1 heterocycles. The Labute approximate surface area is 140 Å². The van der Waals surface area contributed by atoms with E-state index in [-0.39, 0.29) is 5.91 Å². The second-order valence-corrected chi connectivity index (χ2v) is 5.85. The third-order valence-electron chi connectivity index (χ3n) is 3.18. The van der Waals surface area contributed by atoms with E-state index in [1.54, 1.807) is 10.7 Å². The molecule has 0 atom stereocenters. The molecule has 7 heteroatoms. The molecule has 2 aromatic carbocycles. The third kappa shape index (κ3) is 2.98. The number of carbonyl (C=O) groups is 1. The molecule has 0 saturated carbocycles. The maximum Gasteiger partial charge on any atom is 0.256 e. The Kier molecular flexibility index (Phi) is 4.14. The van der Waals surface area contributed by atoms with Crippen molar-refractivity contribution >= 4 is 34.2 Å². The van der Waals surface area contributed by atoms with E-state index in [9.17, 15) is 4.79 Å². The largest absolute Gasteiger partial charge is 0.322 e. The van der Waals surface area contributed by atoms with E-state index < -0.39 is 0 Å². The predicted molar refractivity (Wildman–Crippen MR) is 91.0 cm³/mol. The Hall–Kier alpha value is -2.29. The molecule has 0 spiro atoms. The normalized spacial score (nSPS) is 10.5. The van der Waals surface area contributed by atoms with Crippen LogP contribution >= 0.6 is 22.6 Å². The highest BCUT2D eigenvalue weighted by atomic mass is 127. The molecular formula is C15H12IN5O. The molecule has 1 N–H and O–H groups in total. The van der Waals surface area contributed by atoms with Crippen molar-refractivity contribution in [3.8, 4) is 5.69 Å². The summed E-state index contributed by atoms with van der Waals surface area (Å²) in [6, 6.07) is 13.1. The van der Waals surface area contributed by atoms with Crippen LogP contribution in [-0.2, 0) is 0 Å². The molecule has 0 aliphatic heterocycles. The Balaban J connectivity index is 1.89. The number of hydrogen-bond acceptors (Lipinski definition) is 4. The molecule has 1 aromatic heterocycles. The van der Waals surface area contributed by atoms with Crippen molar-refractivity contribution in [3.63, 3.8) is 0 Å². The molecular weight excluding hydrogens is 393 g/mol. The fourth-order valence-corrected chi connectivity index (χ4v) is 2.68. The number of rotatable bonds is 3. The maximum atomic E-state index is 12.4. The summed E-state index contributed by atoms with van der Waals surface area (Å²) in [5.41, 5.74) is 3.18. The van der Waals surface area contributed by atoms with Gasteiger partial charge in [-0.05, 0) is 69.8 Å². The molecule has 22 heavy (non-hydrogen) atoms. The van der Waals surface area contributed by atoms with Crippen molar-refractivity contribution in [2.24, 2.45) is 0 Å². The van der Waals surface area contributed by atoms with Gasteiger partial charge in [-0.3, -0.25) is 4.79 Å². The zero-order valence-electron chi connectivity index (χ0n) is 11.7. The van der Waals surface area contributed by atoms with Crippen LogP contribution in [0.3, 0.4) is 0 Å². The maximum absolute atomic E-state index is 12.4. The Bertz CT molecular complexity index is 817. The summed E-state index contributed by atoms with van der Waals surface area (Å²) in [5.74, 6) is -0.142. The van der Waals surface area contributed by atoms with Crippen LogP contribution in [0.15, 0.2) is 48.8 Å². The van der Waals surface area contributed by atoms with E-state index in [2.05, 4.69) is 43.4 Å². The van der Waals surface area contributed by atoms with Crippen LogP contribution in [0.2, 0.25) is 0 Å². The number of nitrogens with zero attached hydrogens (tertiary/aromatic N) is 4. The smallest absolute Gasteiger partial charge is 0.256 e. The van der Waals surface area contributed by atoms with Crippen LogP contribution in [-0.4, -0.2) is 26.1 Å². The highest BCUT2D eigenvalue weighted by Gasteiger charge is 2.11. The van der Waals surface area contributed by atoms with Crippen molar-refractivity contribution in [3.05, 3.63) is 63.5 Å². The minimum atomic E-state index is -0.142. The van der Waals surface area contributed by atoms with Gasteiger partial charge in [-0.1, -0.05) is 18.2 Å². The Morgan fingerprint density at radius 3 is 2.77 bits per heavy atom. The summed E-state index contributed by atoms with van der Waals surface area (Å²) in [6.45, 7) is 1.96. The minimum absolute atomic E-state index is 0.142. The van der Waals surface area contributed by atoms with Crippen LogP contribution < -0.4 is 5.32 Å². The minimum Gasteiger partial charge on any atom is -0.322 e. The molecule has 3 aromatic rings. The number of aryl methyl sites for hydroxylation is 1. The lowest BCUT2D eigenvalue weighted by molar-refractivity contribution is 0.102. The predicted octanol–water partition coefficient (Wildman–Crippen LogP) is 2.83. The van der Waals surface area contributed by atoms with Gasteiger partial charge in [0.05, 0.1) is 11.3 Å². The van der Waals surface area contributed by atoms with Crippen LogP contribution in [0.4, 0.5) is 5.69 Å². The summed E-state index contributed by atoms with van der Waals surface area (Å²) >= 11 is 2.15. The third-order valence-corrected chi connectivity index (χ3v) is 4.12. The van der Waals surface area contributed by atoms with Gasteiger partial charge in [0, 0.05) is 9.26 Å². The molecule has 1 amide bonds. The monoisotopic (exact) mass is 405 g/mol. The molecule has 6 nitrogen and oxygen atoms in total. The van der Waals surface area contributed by atoms with Gasteiger partial charge in [-0.2, -0.15) is 0 Å². The molecule has 110 valence electrons. The summed E-state index contributed by atoms with van der Waals surface area (Å²) in [7, 11) is 0. The van der Waals surface area contributed by atoms with Gasteiger partial charge < -0.3 is 5.32 Å². The molecule has 3 rings (SSSR count). The van der Waals surface area contributed by atoms with Gasteiger partial charge in [0.25, 0.3) is 5.91 Å². The van der Waals surface area contributed by atoms with E-state index in [0.29, 0.717) is 11.3 Å². The molecule has 0 saturated heterocycles. The first-order valence-electron chi connectivity index (χ1n) is 6.55. The van der Waals surface area contributed by atoms with Gasteiger partial charge in [0.1, 0.15) is 6.33 Å². The molecule has 0 radical (unpaired) electrons. The first-order valence-corrected chi connectivity index (χ1v) is 7.63. The Morgan fingerprint density at radius 2 is 2.05 bits per heavy atom. The second-order valence-electron chi connectivity index (χ2n) is 4.69. The summed E-state index contributed by atoms with van der Waals surface area (Å²) in [4.78, 5) is 12.4. The first-order chi connectivity index (χ1) is 10.6. The van der Waals surface area contributed by atoms with Crippen molar-refractivity contribution in [2.45, 2.75) is 6.92 Å². The van der Waals surface area contributed by atoms with Gasteiger partial charge in [-0.15, -0.1) is 5.10 Å². The first kappa shape index (κ1) is 14.6. The standard InChI is InChI=1S/C15H12IN5O/c1-10-6-7-11(8-14(10)21-9-17-19-20-21)18-15(22)12-4-2-3-5-13(12)16/h2-9H,1H3,(H,18,22). The molecule has 0 bridgehead atoms. The number of tetrazole rings is 1. The van der Waals surface area contributed by atoms with Crippen molar-refractivity contribution in [2.75, 3.05) is 5.32 Å². The van der Waals surface area contributed by atoms with Gasteiger partial charge in [-0.25, -0.2) is 4.68 Å². The van der Waals surface area contributed by atoms with Gasteiger partial charge >= 0.3 is 0 Å². The average Bonchev–Trinajstić information content (AvgIpc) is 3.03. The van der Waals surface area contributed by atoms with E-state index in [1.807, 2.05) is 43.3 Å². The van der Waals surface area contributed by atoms with Gasteiger partial charge in [0.2, 0.25) is 0 Å². The van der Waals surface area contributed by atoms with Crippen LogP contribution in [0.5, 0.6) is 0 Å². The quantitative estimate of drug-likeness (QED) is 0.681. The summed E-state index contributed by atoms with van der Waals surface area (Å²) < 4.78 is 2.47. The number of amides is 1. The average molecular weight is 405 g/mol. The summed E-state index contributed by atoms with van der Waals surface area (Å²) in [5, 5.41) is 14.1. The number of carbonyl (C=O) groups excluding carboxylic acids is 1. The lowest BCUT2D eigenvalue weighted by atomic mass is 10.1. The van der Waals surface area contributed by atoms with Crippen molar-refractivity contribution < 1.29 is 4.79 Å². The van der Waals surface area contributed by atoms with Gasteiger partial charge in [0.15, 0.2) is 0 Å². The highest BCUT2D eigenvalue weighted by Crippen LogP contribution is 2.20. The Morgan fingerprint density at radius 1 is 1.23 bits per heavy atom. The fourth-order valence-electron chi connectivity index (χ4n) is 2.05. The van der Waals surface area contributed by atoms with E-state index >= 15 is 0 Å². The molecule has 0 aliphatic carbocycles. The van der Waals surface area contributed by atoms with Crippen molar-refractivity contribution in [1.82, 2.24) is 20.2 Å². The number of aromatic nitrogens is 4. The number of halogens is 1. The molecule has 0 aliphatic rings. The summed E-state index contributed by atoms with van der Waals surface area (Å²) in [6.07, 6.45) is 1.52. The zero-order chi connectivity index (χ0) is 15.5.